The minimum absolute atomic E-state index is 0.0886. The van der Waals surface area contributed by atoms with Crippen LogP contribution < -0.4 is 4.90 Å². The minimum Gasteiger partial charge on any atom is -0.381 e. The molecule has 1 atom stereocenters. The monoisotopic (exact) mass is 462 g/mol. The summed E-state index contributed by atoms with van der Waals surface area (Å²) >= 11 is 0. The van der Waals surface area contributed by atoms with Crippen LogP contribution in [0.4, 0.5) is 5.69 Å². The maximum Gasteiger partial charge on any atom is 0.230 e. The van der Waals surface area contributed by atoms with Crippen molar-refractivity contribution in [2.75, 3.05) is 18.6 Å². The average Bonchev–Trinajstić information content (AvgIpc) is 3.47. The van der Waals surface area contributed by atoms with Crippen LogP contribution in [0.25, 0.3) is 22.3 Å². The van der Waals surface area contributed by atoms with E-state index in [2.05, 4.69) is 55.1 Å². The predicted molar refractivity (Wildman–Crippen MR) is 137 cm³/mol. The lowest BCUT2D eigenvalue weighted by Crippen LogP contribution is -2.38. The molecule has 2 heterocycles. The number of carbonyl (C=O) groups is 1. The first kappa shape index (κ1) is 23.2. The molecule has 0 saturated heterocycles. The van der Waals surface area contributed by atoms with Gasteiger partial charge in [-0.05, 0) is 75.5 Å². The van der Waals surface area contributed by atoms with E-state index in [1.54, 1.807) is 7.11 Å². The second-order valence-corrected chi connectivity index (χ2v) is 10.6. The van der Waals surface area contributed by atoms with E-state index in [0.29, 0.717) is 18.1 Å². The first-order chi connectivity index (χ1) is 16.4. The standard InChI is InChI=1S/C28H38N4O2/c1-5-28(3)14-13-22-25(17-28)30-31-26(22)24-15-19-7-10-20(16-23(19)29-24)32(6-2)27(33)18-8-11-21(34-4)12-9-18/h7,10,15-16,18,21,29H,5-6,8-9,11-14,17H2,1-4H3,(H,30,31). The summed E-state index contributed by atoms with van der Waals surface area (Å²) < 4.78 is 5.49. The van der Waals surface area contributed by atoms with E-state index in [0.717, 1.165) is 66.5 Å². The summed E-state index contributed by atoms with van der Waals surface area (Å²) in [6, 6.07) is 8.51. The van der Waals surface area contributed by atoms with Gasteiger partial charge in [-0.15, -0.1) is 0 Å². The van der Waals surface area contributed by atoms with Gasteiger partial charge in [-0.3, -0.25) is 9.89 Å². The molecule has 5 rings (SSSR count). The van der Waals surface area contributed by atoms with Crippen molar-refractivity contribution in [2.45, 2.75) is 78.2 Å². The van der Waals surface area contributed by atoms with E-state index in [1.807, 2.05) is 4.90 Å². The molecule has 2 aliphatic carbocycles. The number of ether oxygens (including phenoxy) is 1. The normalized spacial score (nSPS) is 24.8. The number of amides is 1. The highest BCUT2D eigenvalue weighted by atomic mass is 16.5. The Labute approximate surface area is 202 Å². The smallest absolute Gasteiger partial charge is 0.230 e. The van der Waals surface area contributed by atoms with Gasteiger partial charge in [0.05, 0.1) is 11.8 Å². The number of aromatic nitrogens is 3. The van der Waals surface area contributed by atoms with E-state index in [-0.39, 0.29) is 11.8 Å². The summed E-state index contributed by atoms with van der Waals surface area (Å²) in [5.74, 6) is 0.328. The topological polar surface area (TPSA) is 74.0 Å². The van der Waals surface area contributed by atoms with Crippen LogP contribution in [0.2, 0.25) is 0 Å². The van der Waals surface area contributed by atoms with E-state index in [1.165, 1.54) is 24.1 Å². The number of methoxy groups -OCH3 is 1. The number of benzene rings is 1. The first-order valence-electron chi connectivity index (χ1n) is 13.0. The highest BCUT2D eigenvalue weighted by Crippen LogP contribution is 2.40. The Balaban J connectivity index is 1.39. The number of H-pyrrole nitrogens is 2. The molecule has 0 aliphatic heterocycles. The lowest BCUT2D eigenvalue weighted by molar-refractivity contribution is -0.124. The molecular formula is C28H38N4O2. The van der Waals surface area contributed by atoms with Gasteiger partial charge in [-0.25, -0.2) is 0 Å². The minimum atomic E-state index is 0.0886. The van der Waals surface area contributed by atoms with Gasteiger partial charge in [0.15, 0.2) is 0 Å². The first-order valence-corrected chi connectivity index (χ1v) is 13.0. The molecule has 1 amide bonds. The van der Waals surface area contributed by atoms with Crippen LogP contribution in [-0.4, -0.2) is 40.8 Å². The third-order valence-electron chi connectivity index (χ3n) is 8.50. The van der Waals surface area contributed by atoms with Gasteiger partial charge in [0.2, 0.25) is 5.91 Å². The summed E-state index contributed by atoms with van der Waals surface area (Å²) in [6.07, 6.45) is 8.57. The number of rotatable bonds is 6. The van der Waals surface area contributed by atoms with E-state index in [9.17, 15) is 4.79 Å². The Morgan fingerprint density at radius 1 is 1.21 bits per heavy atom. The largest absolute Gasteiger partial charge is 0.381 e. The van der Waals surface area contributed by atoms with E-state index in [4.69, 9.17) is 9.84 Å². The van der Waals surface area contributed by atoms with E-state index < -0.39 is 0 Å². The van der Waals surface area contributed by atoms with Gasteiger partial charge in [0.25, 0.3) is 0 Å². The van der Waals surface area contributed by atoms with Crippen LogP contribution in [0.5, 0.6) is 0 Å². The number of hydrogen-bond donors (Lipinski definition) is 2. The molecule has 34 heavy (non-hydrogen) atoms. The van der Waals surface area contributed by atoms with Crippen LogP contribution in [0.1, 0.15) is 70.6 Å². The molecule has 2 N–H and O–H groups in total. The molecule has 1 aromatic carbocycles. The van der Waals surface area contributed by atoms with Crippen molar-refractivity contribution in [1.82, 2.24) is 15.2 Å². The van der Waals surface area contributed by atoms with Crippen LogP contribution in [0.3, 0.4) is 0 Å². The quantitative estimate of drug-likeness (QED) is 0.470. The molecular weight excluding hydrogens is 424 g/mol. The summed E-state index contributed by atoms with van der Waals surface area (Å²) in [5.41, 5.74) is 7.12. The van der Waals surface area contributed by atoms with Crippen molar-refractivity contribution in [3.63, 3.8) is 0 Å². The number of anilines is 1. The Morgan fingerprint density at radius 3 is 2.71 bits per heavy atom. The number of hydrogen-bond acceptors (Lipinski definition) is 3. The van der Waals surface area contributed by atoms with Crippen molar-refractivity contribution in [3.8, 4) is 11.4 Å². The van der Waals surface area contributed by atoms with Crippen LogP contribution in [0.15, 0.2) is 24.3 Å². The number of carbonyl (C=O) groups excluding carboxylic acids is 1. The predicted octanol–water partition coefficient (Wildman–Crippen LogP) is 6.02. The van der Waals surface area contributed by atoms with Crippen molar-refractivity contribution >= 4 is 22.5 Å². The molecule has 1 fully saturated rings. The summed E-state index contributed by atoms with van der Waals surface area (Å²) in [6.45, 7) is 7.39. The lowest BCUT2D eigenvalue weighted by atomic mass is 9.73. The van der Waals surface area contributed by atoms with Gasteiger partial charge in [-0.1, -0.05) is 26.3 Å². The fourth-order valence-electron chi connectivity index (χ4n) is 5.93. The molecule has 6 heteroatoms. The van der Waals surface area contributed by atoms with Crippen molar-refractivity contribution in [2.24, 2.45) is 11.3 Å². The molecule has 6 nitrogen and oxygen atoms in total. The molecule has 3 aromatic rings. The zero-order valence-corrected chi connectivity index (χ0v) is 21.0. The number of nitrogens with zero attached hydrogens (tertiary/aromatic N) is 2. The highest BCUT2D eigenvalue weighted by Gasteiger charge is 2.32. The van der Waals surface area contributed by atoms with E-state index >= 15 is 0 Å². The van der Waals surface area contributed by atoms with Gasteiger partial charge in [0, 0.05) is 47.4 Å². The second-order valence-electron chi connectivity index (χ2n) is 10.6. The third kappa shape index (κ3) is 4.17. The zero-order valence-electron chi connectivity index (χ0n) is 21.0. The third-order valence-corrected chi connectivity index (χ3v) is 8.50. The molecule has 0 bridgehead atoms. The average molecular weight is 463 g/mol. The summed E-state index contributed by atoms with van der Waals surface area (Å²) in [7, 11) is 1.77. The van der Waals surface area contributed by atoms with Gasteiger partial charge in [0.1, 0.15) is 5.69 Å². The Hall–Kier alpha value is -2.60. The van der Waals surface area contributed by atoms with Gasteiger partial charge >= 0.3 is 0 Å². The Bertz CT molecular complexity index is 1170. The van der Waals surface area contributed by atoms with Crippen LogP contribution in [-0.2, 0) is 22.4 Å². The summed E-state index contributed by atoms with van der Waals surface area (Å²) in [4.78, 5) is 18.9. The Kier molecular flexibility index (Phi) is 6.28. The molecule has 1 unspecified atom stereocenters. The van der Waals surface area contributed by atoms with Crippen LogP contribution >= 0.6 is 0 Å². The lowest BCUT2D eigenvalue weighted by Gasteiger charge is -2.32. The summed E-state index contributed by atoms with van der Waals surface area (Å²) in [5, 5.41) is 9.18. The molecule has 0 radical (unpaired) electrons. The van der Waals surface area contributed by atoms with Crippen molar-refractivity contribution < 1.29 is 9.53 Å². The molecule has 1 saturated carbocycles. The SMILES string of the molecule is CCN(C(=O)C1CCC(OC)CC1)c1ccc2cc(-c3n[nH]c4c3CCC(C)(CC)C4)[nH]c2c1. The number of aromatic amines is 2. The Morgan fingerprint density at radius 2 is 2.00 bits per heavy atom. The molecule has 2 aromatic heterocycles. The molecule has 182 valence electrons. The van der Waals surface area contributed by atoms with Crippen LogP contribution in [0, 0.1) is 11.3 Å². The number of nitrogens with one attached hydrogen (secondary N) is 2. The fourth-order valence-corrected chi connectivity index (χ4v) is 5.93. The molecule has 0 spiro atoms. The highest BCUT2D eigenvalue weighted by molar-refractivity contribution is 5.98. The van der Waals surface area contributed by atoms with Gasteiger partial charge < -0.3 is 14.6 Å². The molecule has 2 aliphatic rings. The zero-order chi connectivity index (χ0) is 23.9. The second kappa shape index (κ2) is 9.21. The maximum atomic E-state index is 13.4. The van der Waals surface area contributed by atoms with Crippen molar-refractivity contribution in [3.05, 3.63) is 35.5 Å². The number of fused-ring (bicyclic) bond motifs is 2. The van der Waals surface area contributed by atoms with Gasteiger partial charge in [-0.2, -0.15) is 5.10 Å². The van der Waals surface area contributed by atoms with Crippen molar-refractivity contribution in [1.29, 1.82) is 0 Å². The fraction of sp³-hybridized carbons (Fsp3) is 0.571. The maximum absolute atomic E-state index is 13.4.